The average Bonchev–Trinajstić information content (AvgIpc) is 2.46. The van der Waals surface area contributed by atoms with E-state index in [1.165, 1.54) is 28.0 Å². The molecule has 0 atom stereocenters. The van der Waals surface area contributed by atoms with Crippen LogP contribution >= 0.6 is 0 Å². The third kappa shape index (κ3) is 2.76. The van der Waals surface area contributed by atoms with Crippen molar-refractivity contribution in [1.29, 1.82) is 0 Å². The minimum absolute atomic E-state index is 0.945. The van der Waals surface area contributed by atoms with Gasteiger partial charge in [0.2, 0.25) is 0 Å². The molecule has 0 spiro atoms. The van der Waals surface area contributed by atoms with Crippen LogP contribution in [0.5, 0.6) is 0 Å². The van der Waals surface area contributed by atoms with E-state index in [-0.39, 0.29) is 0 Å². The third-order valence-corrected chi connectivity index (χ3v) is 3.75. The van der Waals surface area contributed by atoms with E-state index in [9.17, 15) is 0 Å². The molecule has 1 nitrogen and oxygen atoms in total. The molecule has 2 aromatic rings. The molecule has 0 aromatic heterocycles. The van der Waals surface area contributed by atoms with Crippen molar-refractivity contribution in [3.8, 4) is 0 Å². The Balaban J connectivity index is 1.79. The number of aliphatic imine (C=N–C) groups is 1. The van der Waals surface area contributed by atoms with Gasteiger partial charge in [-0.1, -0.05) is 48.0 Å². The van der Waals surface area contributed by atoms with Crippen LogP contribution < -0.4 is 0 Å². The maximum absolute atomic E-state index is 4.74. The highest BCUT2D eigenvalue weighted by Crippen LogP contribution is 2.20. The highest BCUT2D eigenvalue weighted by Gasteiger charge is 2.13. The van der Waals surface area contributed by atoms with E-state index in [1.807, 2.05) is 0 Å². The summed E-state index contributed by atoms with van der Waals surface area (Å²) in [4.78, 5) is 4.74. The van der Waals surface area contributed by atoms with Crippen LogP contribution in [0.15, 0.2) is 53.5 Å². The molecule has 2 aromatic carbocycles. The first-order chi connectivity index (χ1) is 9.33. The van der Waals surface area contributed by atoms with Gasteiger partial charge in [0, 0.05) is 12.3 Å². The number of fused-ring (bicyclic) bond motifs is 1. The highest BCUT2D eigenvalue weighted by atomic mass is 14.7. The van der Waals surface area contributed by atoms with Crippen molar-refractivity contribution < 1.29 is 0 Å². The molecule has 0 amide bonds. The second-order valence-electron chi connectivity index (χ2n) is 5.22. The zero-order valence-electron chi connectivity index (χ0n) is 11.4. The molecule has 19 heavy (non-hydrogen) atoms. The molecule has 0 unspecified atom stereocenters. The van der Waals surface area contributed by atoms with Crippen molar-refractivity contribution in [1.82, 2.24) is 0 Å². The van der Waals surface area contributed by atoms with E-state index >= 15 is 0 Å². The lowest BCUT2D eigenvalue weighted by molar-refractivity contribution is 0.914. The molecular formula is C18H19N. The van der Waals surface area contributed by atoms with Crippen LogP contribution in [0.3, 0.4) is 0 Å². The van der Waals surface area contributed by atoms with Gasteiger partial charge in [0.05, 0.1) is 0 Å². The molecule has 1 heteroatoms. The number of benzene rings is 2. The maximum atomic E-state index is 4.74. The number of hydrogen-bond donors (Lipinski definition) is 0. The first-order valence-corrected chi connectivity index (χ1v) is 7.00. The predicted molar refractivity (Wildman–Crippen MR) is 81.1 cm³/mol. The van der Waals surface area contributed by atoms with Crippen molar-refractivity contribution >= 4 is 5.71 Å². The fourth-order valence-corrected chi connectivity index (χ4v) is 2.69. The van der Waals surface area contributed by atoms with E-state index in [4.69, 9.17) is 4.99 Å². The van der Waals surface area contributed by atoms with Crippen LogP contribution in [0, 0.1) is 6.92 Å². The number of hydrogen-bond acceptors (Lipinski definition) is 1. The average molecular weight is 249 g/mol. The standard InChI is InChI=1S/C18H19N/c1-14-7-9-16-11-12-19-18(17(16)13-14)10-8-15-5-3-2-4-6-15/h2-7,9,13H,8,10-12H2,1H3. The lowest BCUT2D eigenvalue weighted by atomic mass is 9.92. The summed E-state index contributed by atoms with van der Waals surface area (Å²) in [6.45, 7) is 3.10. The van der Waals surface area contributed by atoms with E-state index in [0.717, 1.165) is 25.8 Å². The zero-order chi connectivity index (χ0) is 13.1. The fraction of sp³-hybridized carbons (Fsp3) is 0.278. The van der Waals surface area contributed by atoms with E-state index in [2.05, 4.69) is 55.5 Å². The van der Waals surface area contributed by atoms with Crippen molar-refractivity contribution in [3.05, 3.63) is 70.8 Å². The van der Waals surface area contributed by atoms with Crippen LogP contribution in [0.1, 0.15) is 28.7 Å². The lowest BCUT2D eigenvalue weighted by Gasteiger charge is -2.17. The smallest absolute Gasteiger partial charge is 0.0433 e. The Morgan fingerprint density at radius 2 is 1.84 bits per heavy atom. The third-order valence-electron chi connectivity index (χ3n) is 3.75. The van der Waals surface area contributed by atoms with Crippen LogP contribution in [-0.4, -0.2) is 12.3 Å². The molecule has 1 aliphatic rings. The Bertz CT molecular complexity index is 596. The van der Waals surface area contributed by atoms with Gasteiger partial charge in [-0.2, -0.15) is 0 Å². The summed E-state index contributed by atoms with van der Waals surface area (Å²) in [6.07, 6.45) is 3.21. The van der Waals surface area contributed by atoms with Crippen LogP contribution in [-0.2, 0) is 12.8 Å². The van der Waals surface area contributed by atoms with Gasteiger partial charge in [0.25, 0.3) is 0 Å². The fourth-order valence-electron chi connectivity index (χ4n) is 2.69. The van der Waals surface area contributed by atoms with Crippen molar-refractivity contribution in [2.75, 3.05) is 6.54 Å². The zero-order valence-corrected chi connectivity index (χ0v) is 11.4. The number of aryl methyl sites for hydroxylation is 2. The Labute approximate surface area is 115 Å². The van der Waals surface area contributed by atoms with Crippen molar-refractivity contribution in [2.45, 2.75) is 26.2 Å². The summed E-state index contributed by atoms with van der Waals surface area (Å²) in [5.74, 6) is 0. The van der Waals surface area contributed by atoms with Gasteiger partial charge in [-0.25, -0.2) is 0 Å². The van der Waals surface area contributed by atoms with Crippen molar-refractivity contribution in [3.63, 3.8) is 0 Å². The Morgan fingerprint density at radius 3 is 2.68 bits per heavy atom. The number of rotatable bonds is 3. The maximum Gasteiger partial charge on any atom is 0.0433 e. The molecule has 0 saturated carbocycles. The van der Waals surface area contributed by atoms with E-state index in [0.29, 0.717) is 0 Å². The summed E-state index contributed by atoms with van der Waals surface area (Å²) < 4.78 is 0. The molecule has 96 valence electrons. The molecule has 1 heterocycles. The molecule has 0 aliphatic carbocycles. The summed E-state index contributed by atoms with van der Waals surface area (Å²) in [7, 11) is 0. The minimum Gasteiger partial charge on any atom is -0.289 e. The highest BCUT2D eigenvalue weighted by molar-refractivity contribution is 6.02. The second-order valence-corrected chi connectivity index (χ2v) is 5.22. The molecule has 0 N–H and O–H groups in total. The minimum atomic E-state index is 0.945. The largest absolute Gasteiger partial charge is 0.289 e. The summed E-state index contributed by atoms with van der Waals surface area (Å²) in [5, 5.41) is 0. The van der Waals surface area contributed by atoms with Gasteiger partial charge in [-0.05, 0) is 48.9 Å². The molecule has 0 bridgehead atoms. The lowest BCUT2D eigenvalue weighted by Crippen LogP contribution is -2.14. The quantitative estimate of drug-likeness (QED) is 0.780. The summed E-state index contributed by atoms with van der Waals surface area (Å²) in [6, 6.07) is 17.4. The molecule has 0 fully saturated rings. The normalized spacial score (nSPS) is 13.8. The van der Waals surface area contributed by atoms with Crippen molar-refractivity contribution in [2.24, 2.45) is 4.99 Å². The van der Waals surface area contributed by atoms with E-state index < -0.39 is 0 Å². The Kier molecular flexibility index (Phi) is 3.45. The SMILES string of the molecule is Cc1ccc2c(c1)C(CCc1ccccc1)=NCC2. The van der Waals surface area contributed by atoms with Crippen LogP contribution in [0.2, 0.25) is 0 Å². The van der Waals surface area contributed by atoms with Crippen LogP contribution in [0.4, 0.5) is 0 Å². The van der Waals surface area contributed by atoms with Gasteiger partial charge < -0.3 is 0 Å². The van der Waals surface area contributed by atoms with E-state index in [1.54, 1.807) is 0 Å². The first kappa shape index (κ1) is 12.2. The molecular weight excluding hydrogens is 230 g/mol. The van der Waals surface area contributed by atoms with Gasteiger partial charge in [-0.3, -0.25) is 4.99 Å². The summed E-state index contributed by atoms with van der Waals surface area (Å²) >= 11 is 0. The first-order valence-electron chi connectivity index (χ1n) is 7.00. The topological polar surface area (TPSA) is 12.4 Å². The van der Waals surface area contributed by atoms with Gasteiger partial charge in [0.15, 0.2) is 0 Å². The van der Waals surface area contributed by atoms with Gasteiger partial charge in [0.1, 0.15) is 0 Å². The number of nitrogens with zero attached hydrogens (tertiary/aromatic N) is 1. The second kappa shape index (κ2) is 5.40. The summed E-state index contributed by atoms with van der Waals surface area (Å²) in [5.41, 5.74) is 6.85. The predicted octanol–water partition coefficient (Wildman–Crippen LogP) is 3.97. The monoisotopic (exact) mass is 249 g/mol. The molecule has 1 aliphatic heterocycles. The van der Waals surface area contributed by atoms with Crippen LogP contribution in [0.25, 0.3) is 0 Å². The van der Waals surface area contributed by atoms with Gasteiger partial charge >= 0.3 is 0 Å². The molecule has 0 saturated heterocycles. The van der Waals surface area contributed by atoms with Gasteiger partial charge in [-0.15, -0.1) is 0 Å². The molecule has 3 rings (SSSR count). The Hall–Kier alpha value is -1.89. The molecule has 0 radical (unpaired) electrons. The Morgan fingerprint density at radius 1 is 1.00 bits per heavy atom.